The van der Waals surface area contributed by atoms with E-state index in [-0.39, 0.29) is 6.04 Å². The van der Waals surface area contributed by atoms with Gasteiger partial charge in [0.15, 0.2) is 0 Å². The van der Waals surface area contributed by atoms with Gasteiger partial charge in [0, 0.05) is 18.8 Å². The van der Waals surface area contributed by atoms with Gasteiger partial charge in [-0.3, -0.25) is 4.79 Å². The number of carbonyl (C=O) groups excluding carboxylic acids is 1. The Morgan fingerprint density at radius 1 is 1.33 bits per heavy atom. The number of carbonyl (C=O) groups is 1. The molecule has 2 aliphatic carbocycles. The highest BCUT2D eigenvalue weighted by Gasteiger charge is 2.41. The van der Waals surface area contributed by atoms with Gasteiger partial charge in [-0.25, -0.2) is 0 Å². The second-order valence-corrected chi connectivity index (χ2v) is 6.42. The van der Waals surface area contributed by atoms with Crippen LogP contribution in [0.15, 0.2) is 0 Å². The quantitative estimate of drug-likeness (QED) is 0.737. The summed E-state index contributed by atoms with van der Waals surface area (Å²) in [6.45, 7) is 1.98. The van der Waals surface area contributed by atoms with Crippen molar-refractivity contribution in [1.29, 1.82) is 0 Å². The Labute approximate surface area is 114 Å². The highest BCUT2D eigenvalue weighted by molar-refractivity contribution is 6.18. The summed E-state index contributed by atoms with van der Waals surface area (Å²) in [7, 11) is 0. The van der Waals surface area contributed by atoms with Crippen LogP contribution in [0.3, 0.4) is 0 Å². The summed E-state index contributed by atoms with van der Waals surface area (Å²) in [4.78, 5) is 14.4. The normalized spacial score (nSPS) is 39.3. The van der Waals surface area contributed by atoms with E-state index in [4.69, 9.17) is 16.3 Å². The van der Waals surface area contributed by atoms with Crippen LogP contribution in [0, 0.1) is 17.8 Å². The second kappa shape index (κ2) is 5.38. The molecular weight excluding hydrogens is 250 g/mol. The van der Waals surface area contributed by atoms with Crippen LogP contribution in [0.25, 0.3) is 0 Å². The molecule has 102 valence electrons. The first-order chi connectivity index (χ1) is 8.78. The number of hydrogen-bond donors (Lipinski definition) is 0. The van der Waals surface area contributed by atoms with Gasteiger partial charge in [0.05, 0.1) is 19.3 Å². The van der Waals surface area contributed by atoms with Gasteiger partial charge in [0.25, 0.3) is 0 Å². The minimum atomic E-state index is 0.0894. The summed E-state index contributed by atoms with van der Waals surface area (Å²) in [5, 5.41) is 0. The zero-order valence-electron chi connectivity index (χ0n) is 10.8. The SMILES string of the molecule is O=C(CC1CC2CCC1C2)N1CCOCC1CCl. The average Bonchev–Trinajstić information content (AvgIpc) is 3.01. The monoisotopic (exact) mass is 271 g/mol. The van der Waals surface area contributed by atoms with E-state index in [1.807, 2.05) is 4.90 Å². The first-order valence-corrected chi connectivity index (χ1v) is 7.74. The molecule has 3 fully saturated rings. The lowest BCUT2D eigenvalue weighted by molar-refractivity contribution is -0.140. The topological polar surface area (TPSA) is 29.5 Å². The molecular formula is C14H22ClNO2. The number of amides is 1. The number of hydrogen-bond acceptors (Lipinski definition) is 2. The van der Waals surface area contributed by atoms with Crippen LogP contribution in [0.5, 0.6) is 0 Å². The van der Waals surface area contributed by atoms with Gasteiger partial charge in [0.1, 0.15) is 0 Å². The molecule has 0 aromatic carbocycles. The van der Waals surface area contributed by atoms with E-state index in [0.717, 1.165) is 24.8 Å². The maximum Gasteiger partial charge on any atom is 0.223 e. The Hall–Kier alpha value is -0.280. The van der Waals surface area contributed by atoms with Crippen molar-refractivity contribution in [1.82, 2.24) is 4.90 Å². The maximum atomic E-state index is 12.4. The zero-order valence-corrected chi connectivity index (χ0v) is 11.6. The van der Waals surface area contributed by atoms with Crippen LogP contribution in [0.2, 0.25) is 0 Å². The van der Waals surface area contributed by atoms with Crippen LogP contribution >= 0.6 is 11.6 Å². The van der Waals surface area contributed by atoms with Crippen LogP contribution in [0.1, 0.15) is 32.1 Å². The fraction of sp³-hybridized carbons (Fsp3) is 0.929. The summed E-state index contributed by atoms with van der Waals surface area (Å²) in [6, 6.07) is 0.0894. The Balaban J connectivity index is 1.57. The zero-order chi connectivity index (χ0) is 12.5. The number of fused-ring (bicyclic) bond motifs is 2. The van der Waals surface area contributed by atoms with Crippen molar-refractivity contribution in [3.63, 3.8) is 0 Å². The molecule has 2 saturated carbocycles. The van der Waals surface area contributed by atoms with Crippen molar-refractivity contribution in [3.8, 4) is 0 Å². The third-order valence-electron chi connectivity index (χ3n) is 5.05. The number of nitrogens with zero attached hydrogens (tertiary/aromatic N) is 1. The smallest absolute Gasteiger partial charge is 0.223 e. The van der Waals surface area contributed by atoms with E-state index in [9.17, 15) is 4.79 Å². The Kier molecular flexibility index (Phi) is 3.81. The van der Waals surface area contributed by atoms with Crippen molar-refractivity contribution < 1.29 is 9.53 Å². The Bertz CT molecular complexity index is 323. The van der Waals surface area contributed by atoms with Gasteiger partial charge < -0.3 is 9.64 Å². The summed E-state index contributed by atoms with van der Waals surface area (Å²) in [6.07, 6.45) is 6.16. The maximum absolute atomic E-state index is 12.4. The van der Waals surface area contributed by atoms with E-state index in [2.05, 4.69) is 0 Å². The molecule has 0 aromatic rings. The molecule has 1 heterocycles. The molecule has 3 aliphatic rings. The lowest BCUT2D eigenvalue weighted by Crippen LogP contribution is -2.50. The van der Waals surface area contributed by atoms with E-state index >= 15 is 0 Å². The third kappa shape index (κ3) is 2.39. The van der Waals surface area contributed by atoms with Gasteiger partial charge in [-0.2, -0.15) is 0 Å². The average molecular weight is 272 g/mol. The molecule has 0 radical (unpaired) electrons. The summed E-state index contributed by atoms with van der Waals surface area (Å²) in [5.74, 6) is 3.19. The largest absolute Gasteiger partial charge is 0.377 e. The van der Waals surface area contributed by atoms with Gasteiger partial charge in [-0.1, -0.05) is 6.42 Å². The molecule has 0 N–H and O–H groups in total. The summed E-state index contributed by atoms with van der Waals surface area (Å²) >= 11 is 5.92. The van der Waals surface area contributed by atoms with E-state index < -0.39 is 0 Å². The highest BCUT2D eigenvalue weighted by atomic mass is 35.5. The van der Waals surface area contributed by atoms with Gasteiger partial charge in [-0.15, -0.1) is 11.6 Å². The predicted molar refractivity (Wildman–Crippen MR) is 70.6 cm³/mol. The molecule has 1 aliphatic heterocycles. The fourth-order valence-electron chi connectivity index (χ4n) is 4.08. The van der Waals surface area contributed by atoms with E-state index in [1.165, 1.54) is 25.7 Å². The van der Waals surface area contributed by atoms with Crippen LogP contribution in [0.4, 0.5) is 0 Å². The standard InChI is InChI=1S/C14H22ClNO2/c15-8-13-9-18-4-3-16(13)14(17)7-12-6-10-1-2-11(12)5-10/h10-13H,1-9H2. The number of rotatable bonds is 3. The van der Waals surface area contributed by atoms with Crippen molar-refractivity contribution in [2.45, 2.75) is 38.1 Å². The minimum absolute atomic E-state index is 0.0894. The summed E-state index contributed by atoms with van der Waals surface area (Å²) < 4.78 is 5.39. The molecule has 0 aromatic heterocycles. The van der Waals surface area contributed by atoms with Crippen molar-refractivity contribution in [2.24, 2.45) is 17.8 Å². The minimum Gasteiger partial charge on any atom is -0.377 e. The molecule has 2 bridgehead atoms. The predicted octanol–water partition coefficient (Wildman–Crippen LogP) is 2.28. The number of ether oxygens (including phenoxy) is 1. The highest BCUT2D eigenvalue weighted by Crippen LogP contribution is 2.49. The lowest BCUT2D eigenvalue weighted by atomic mass is 9.86. The lowest BCUT2D eigenvalue weighted by Gasteiger charge is -2.35. The van der Waals surface area contributed by atoms with Crippen LogP contribution in [-0.2, 0) is 9.53 Å². The molecule has 3 nitrogen and oxygen atoms in total. The third-order valence-corrected chi connectivity index (χ3v) is 5.40. The number of halogens is 1. The Morgan fingerprint density at radius 3 is 2.89 bits per heavy atom. The molecule has 1 amide bonds. The van der Waals surface area contributed by atoms with Crippen molar-refractivity contribution in [3.05, 3.63) is 0 Å². The first kappa shape index (κ1) is 12.7. The molecule has 4 atom stereocenters. The van der Waals surface area contributed by atoms with Gasteiger partial charge in [0.2, 0.25) is 5.91 Å². The molecule has 0 spiro atoms. The molecule has 4 unspecified atom stereocenters. The molecule has 3 rings (SSSR count). The van der Waals surface area contributed by atoms with E-state index in [1.54, 1.807) is 0 Å². The van der Waals surface area contributed by atoms with Gasteiger partial charge in [-0.05, 0) is 37.0 Å². The Morgan fingerprint density at radius 2 is 2.22 bits per heavy atom. The van der Waals surface area contributed by atoms with Crippen molar-refractivity contribution in [2.75, 3.05) is 25.6 Å². The van der Waals surface area contributed by atoms with Gasteiger partial charge >= 0.3 is 0 Å². The molecule has 1 saturated heterocycles. The molecule has 18 heavy (non-hydrogen) atoms. The van der Waals surface area contributed by atoms with Crippen LogP contribution < -0.4 is 0 Å². The summed E-state index contributed by atoms with van der Waals surface area (Å²) in [5.41, 5.74) is 0. The van der Waals surface area contributed by atoms with Crippen molar-refractivity contribution >= 4 is 17.5 Å². The number of alkyl halides is 1. The van der Waals surface area contributed by atoms with E-state index in [0.29, 0.717) is 30.9 Å². The fourth-order valence-corrected chi connectivity index (χ4v) is 4.33. The first-order valence-electron chi connectivity index (χ1n) is 7.21. The number of morpholine rings is 1. The van der Waals surface area contributed by atoms with Crippen LogP contribution in [-0.4, -0.2) is 42.5 Å². The second-order valence-electron chi connectivity index (χ2n) is 6.11. The molecule has 4 heteroatoms.